The number of ether oxygens (including phenoxy) is 1. The Morgan fingerprint density at radius 1 is 1.43 bits per heavy atom. The number of esters is 1. The average molecular weight is 219 g/mol. The summed E-state index contributed by atoms with van der Waals surface area (Å²) in [6.45, 7) is 1.98. The highest BCUT2D eigenvalue weighted by molar-refractivity contribution is 6.21. The SMILES string of the molecule is CCC(Cl)CC(=O)OC1CCCCC1. The van der Waals surface area contributed by atoms with E-state index in [0.29, 0.717) is 6.42 Å². The summed E-state index contributed by atoms with van der Waals surface area (Å²) in [6, 6.07) is 0. The van der Waals surface area contributed by atoms with Gasteiger partial charge in [-0.3, -0.25) is 4.79 Å². The molecule has 1 atom stereocenters. The zero-order chi connectivity index (χ0) is 10.4. The quantitative estimate of drug-likeness (QED) is 0.535. The van der Waals surface area contributed by atoms with Crippen LogP contribution in [0.25, 0.3) is 0 Å². The average Bonchev–Trinajstić information content (AvgIpc) is 2.19. The Bertz CT molecular complexity index is 176. The summed E-state index contributed by atoms with van der Waals surface area (Å²) in [4.78, 5) is 11.4. The van der Waals surface area contributed by atoms with Gasteiger partial charge in [-0.05, 0) is 32.1 Å². The molecule has 14 heavy (non-hydrogen) atoms. The summed E-state index contributed by atoms with van der Waals surface area (Å²) in [5.41, 5.74) is 0. The number of rotatable bonds is 4. The Labute approximate surface area is 91.0 Å². The number of hydrogen-bond acceptors (Lipinski definition) is 2. The maximum Gasteiger partial charge on any atom is 0.307 e. The summed E-state index contributed by atoms with van der Waals surface area (Å²) in [5.74, 6) is -0.126. The van der Waals surface area contributed by atoms with Gasteiger partial charge in [0.1, 0.15) is 6.10 Å². The van der Waals surface area contributed by atoms with Crippen LogP contribution in [0.1, 0.15) is 51.9 Å². The largest absolute Gasteiger partial charge is 0.462 e. The van der Waals surface area contributed by atoms with Gasteiger partial charge in [-0.25, -0.2) is 0 Å². The fraction of sp³-hybridized carbons (Fsp3) is 0.909. The van der Waals surface area contributed by atoms with Crippen LogP contribution in [0.3, 0.4) is 0 Å². The molecule has 0 spiro atoms. The summed E-state index contributed by atoms with van der Waals surface area (Å²) in [5, 5.41) is -0.0638. The molecule has 1 rings (SSSR count). The molecule has 0 N–H and O–H groups in total. The molecule has 1 saturated carbocycles. The van der Waals surface area contributed by atoms with Gasteiger partial charge in [0.05, 0.1) is 6.42 Å². The monoisotopic (exact) mass is 218 g/mol. The summed E-state index contributed by atoms with van der Waals surface area (Å²) < 4.78 is 5.34. The Kier molecular flexibility index (Phi) is 5.31. The van der Waals surface area contributed by atoms with Crippen LogP contribution in [-0.4, -0.2) is 17.5 Å². The van der Waals surface area contributed by atoms with E-state index in [4.69, 9.17) is 16.3 Å². The van der Waals surface area contributed by atoms with Crippen molar-refractivity contribution in [2.75, 3.05) is 0 Å². The third kappa shape index (κ3) is 4.32. The predicted octanol–water partition coefficient (Wildman–Crippen LogP) is 3.27. The second kappa shape index (κ2) is 6.28. The molecule has 2 nitrogen and oxygen atoms in total. The van der Waals surface area contributed by atoms with E-state index in [1.165, 1.54) is 19.3 Å². The number of carbonyl (C=O) groups is 1. The minimum atomic E-state index is -0.126. The Morgan fingerprint density at radius 2 is 2.07 bits per heavy atom. The van der Waals surface area contributed by atoms with Crippen molar-refractivity contribution in [2.24, 2.45) is 0 Å². The lowest BCUT2D eigenvalue weighted by molar-refractivity contribution is -0.150. The van der Waals surface area contributed by atoms with Crippen molar-refractivity contribution in [3.8, 4) is 0 Å². The standard InChI is InChI=1S/C11H19ClO2/c1-2-9(12)8-11(13)14-10-6-4-3-5-7-10/h9-10H,2-8H2,1H3. The van der Waals surface area contributed by atoms with E-state index in [-0.39, 0.29) is 17.5 Å². The zero-order valence-corrected chi connectivity index (χ0v) is 9.55. The van der Waals surface area contributed by atoms with Crippen LogP contribution in [0.15, 0.2) is 0 Å². The molecule has 1 aliphatic rings. The maximum absolute atomic E-state index is 11.4. The van der Waals surface area contributed by atoms with Gasteiger partial charge in [0, 0.05) is 5.38 Å². The molecule has 0 saturated heterocycles. The van der Waals surface area contributed by atoms with Gasteiger partial charge in [0.15, 0.2) is 0 Å². The second-order valence-corrected chi connectivity index (χ2v) is 4.58. The Balaban J connectivity index is 2.18. The fourth-order valence-electron chi connectivity index (χ4n) is 1.74. The van der Waals surface area contributed by atoms with Gasteiger partial charge in [-0.15, -0.1) is 11.6 Å². The molecule has 0 bridgehead atoms. The van der Waals surface area contributed by atoms with E-state index in [1.807, 2.05) is 6.92 Å². The zero-order valence-electron chi connectivity index (χ0n) is 8.80. The van der Waals surface area contributed by atoms with E-state index < -0.39 is 0 Å². The minimum Gasteiger partial charge on any atom is -0.462 e. The highest BCUT2D eigenvalue weighted by Crippen LogP contribution is 2.21. The first-order valence-electron chi connectivity index (χ1n) is 5.56. The number of carbonyl (C=O) groups excluding carboxylic acids is 1. The number of alkyl halides is 1. The highest BCUT2D eigenvalue weighted by atomic mass is 35.5. The van der Waals surface area contributed by atoms with E-state index >= 15 is 0 Å². The normalized spacial score (nSPS) is 20.4. The van der Waals surface area contributed by atoms with Crippen LogP contribution in [0, 0.1) is 0 Å². The molecule has 0 aliphatic heterocycles. The second-order valence-electron chi connectivity index (χ2n) is 3.96. The van der Waals surface area contributed by atoms with E-state index in [1.54, 1.807) is 0 Å². The first kappa shape index (κ1) is 11.8. The van der Waals surface area contributed by atoms with Crippen LogP contribution in [0.5, 0.6) is 0 Å². The van der Waals surface area contributed by atoms with Crippen molar-refractivity contribution in [1.82, 2.24) is 0 Å². The molecule has 1 aliphatic carbocycles. The number of hydrogen-bond donors (Lipinski definition) is 0. The van der Waals surface area contributed by atoms with Crippen molar-refractivity contribution in [3.63, 3.8) is 0 Å². The van der Waals surface area contributed by atoms with Gasteiger partial charge < -0.3 is 4.74 Å². The van der Waals surface area contributed by atoms with Crippen LogP contribution in [-0.2, 0) is 9.53 Å². The third-order valence-corrected chi connectivity index (χ3v) is 3.14. The van der Waals surface area contributed by atoms with Crippen molar-refractivity contribution < 1.29 is 9.53 Å². The van der Waals surface area contributed by atoms with Crippen LogP contribution >= 0.6 is 11.6 Å². The van der Waals surface area contributed by atoms with Gasteiger partial charge >= 0.3 is 5.97 Å². The smallest absolute Gasteiger partial charge is 0.307 e. The molecule has 0 heterocycles. The van der Waals surface area contributed by atoms with Gasteiger partial charge in [0.2, 0.25) is 0 Å². The molecule has 1 fully saturated rings. The van der Waals surface area contributed by atoms with Crippen LogP contribution in [0.4, 0.5) is 0 Å². The molecule has 0 aromatic carbocycles. The molecule has 0 aromatic heterocycles. The lowest BCUT2D eigenvalue weighted by Gasteiger charge is -2.22. The topological polar surface area (TPSA) is 26.3 Å². The highest BCUT2D eigenvalue weighted by Gasteiger charge is 2.18. The first-order valence-corrected chi connectivity index (χ1v) is 5.99. The van der Waals surface area contributed by atoms with Crippen molar-refractivity contribution in [3.05, 3.63) is 0 Å². The molecule has 0 radical (unpaired) electrons. The molecule has 0 amide bonds. The Morgan fingerprint density at radius 3 is 2.64 bits per heavy atom. The first-order chi connectivity index (χ1) is 6.72. The van der Waals surface area contributed by atoms with Crippen LogP contribution in [0.2, 0.25) is 0 Å². The molecular formula is C11H19ClO2. The molecule has 82 valence electrons. The molecule has 1 unspecified atom stereocenters. The number of halogens is 1. The molecular weight excluding hydrogens is 200 g/mol. The van der Waals surface area contributed by atoms with E-state index in [2.05, 4.69) is 0 Å². The van der Waals surface area contributed by atoms with Gasteiger partial charge in [-0.1, -0.05) is 13.3 Å². The van der Waals surface area contributed by atoms with Gasteiger partial charge in [0.25, 0.3) is 0 Å². The van der Waals surface area contributed by atoms with E-state index in [9.17, 15) is 4.79 Å². The maximum atomic E-state index is 11.4. The Hall–Kier alpha value is -0.240. The van der Waals surface area contributed by atoms with Crippen molar-refractivity contribution in [2.45, 2.75) is 63.4 Å². The lowest BCUT2D eigenvalue weighted by Crippen LogP contribution is -2.22. The third-order valence-electron chi connectivity index (χ3n) is 2.68. The van der Waals surface area contributed by atoms with Crippen molar-refractivity contribution >= 4 is 17.6 Å². The summed E-state index contributed by atoms with van der Waals surface area (Å²) >= 11 is 5.88. The van der Waals surface area contributed by atoms with Crippen molar-refractivity contribution in [1.29, 1.82) is 0 Å². The van der Waals surface area contributed by atoms with Gasteiger partial charge in [-0.2, -0.15) is 0 Å². The van der Waals surface area contributed by atoms with E-state index in [0.717, 1.165) is 19.3 Å². The summed E-state index contributed by atoms with van der Waals surface area (Å²) in [7, 11) is 0. The summed E-state index contributed by atoms with van der Waals surface area (Å²) in [6.07, 6.45) is 7.07. The minimum absolute atomic E-state index is 0.0638. The molecule has 3 heteroatoms. The lowest BCUT2D eigenvalue weighted by atomic mass is 9.98. The predicted molar refractivity (Wildman–Crippen MR) is 57.5 cm³/mol. The molecule has 0 aromatic rings. The fourth-order valence-corrected chi connectivity index (χ4v) is 1.87. The van der Waals surface area contributed by atoms with Crippen LogP contribution < -0.4 is 0 Å².